The molecule has 1 heterocycles. The van der Waals surface area contributed by atoms with E-state index in [9.17, 15) is 9.59 Å². The van der Waals surface area contributed by atoms with Crippen LogP contribution in [0.2, 0.25) is 0 Å². The predicted octanol–water partition coefficient (Wildman–Crippen LogP) is 1.31. The minimum absolute atomic E-state index is 0.0919. The summed E-state index contributed by atoms with van der Waals surface area (Å²) in [7, 11) is 4.08. The molecule has 1 aliphatic heterocycles. The van der Waals surface area contributed by atoms with Crippen molar-refractivity contribution < 1.29 is 14.3 Å². The van der Waals surface area contributed by atoms with Gasteiger partial charge in [0.2, 0.25) is 0 Å². The standard InChI is InChI=1S/C15H29N3O3/c1-11(2)21-14(19)12(3)9-16-15(20)18-8-6-7-13(10-18)17(4)5/h11-13H,6-10H2,1-5H3,(H,16,20). The lowest BCUT2D eigenvalue weighted by molar-refractivity contribution is -0.151. The molecule has 6 heteroatoms. The zero-order chi connectivity index (χ0) is 16.0. The van der Waals surface area contributed by atoms with E-state index in [-0.39, 0.29) is 24.0 Å². The highest BCUT2D eigenvalue weighted by Crippen LogP contribution is 2.13. The third-order valence-electron chi connectivity index (χ3n) is 3.73. The number of ether oxygens (including phenoxy) is 1. The van der Waals surface area contributed by atoms with Crippen LogP contribution >= 0.6 is 0 Å². The molecule has 122 valence electrons. The Morgan fingerprint density at radius 1 is 1.33 bits per heavy atom. The average Bonchev–Trinajstić information content (AvgIpc) is 2.43. The number of likely N-dealkylation sites (N-methyl/N-ethyl adjacent to an activating group) is 1. The monoisotopic (exact) mass is 299 g/mol. The number of amides is 2. The van der Waals surface area contributed by atoms with Gasteiger partial charge in [0.05, 0.1) is 12.0 Å². The molecule has 0 aromatic carbocycles. The number of hydrogen-bond donors (Lipinski definition) is 1. The van der Waals surface area contributed by atoms with Gasteiger partial charge in [0.15, 0.2) is 0 Å². The van der Waals surface area contributed by atoms with Gasteiger partial charge in [-0.25, -0.2) is 4.79 Å². The van der Waals surface area contributed by atoms with Crippen molar-refractivity contribution in [3.05, 3.63) is 0 Å². The van der Waals surface area contributed by atoms with Crippen LogP contribution in [0.1, 0.15) is 33.6 Å². The average molecular weight is 299 g/mol. The molecule has 6 nitrogen and oxygen atoms in total. The van der Waals surface area contributed by atoms with E-state index < -0.39 is 0 Å². The zero-order valence-corrected chi connectivity index (χ0v) is 13.9. The molecule has 0 aromatic heterocycles. The maximum atomic E-state index is 12.2. The van der Waals surface area contributed by atoms with Gasteiger partial charge in [-0.15, -0.1) is 0 Å². The molecule has 0 aliphatic carbocycles. The molecule has 0 bridgehead atoms. The molecule has 0 saturated carbocycles. The number of piperidine rings is 1. The molecule has 2 unspecified atom stereocenters. The van der Waals surface area contributed by atoms with Crippen molar-refractivity contribution >= 4 is 12.0 Å². The molecule has 21 heavy (non-hydrogen) atoms. The molecule has 2 atom stereocenters. The first-order valence-corrected chi connectivity index (χ1v) is 7.71. The van der Waals surface area contributed by atoms with Crippen molar-refractivity contribution in [2.75, 3.05) is 33.7 Å². The maximum Gasteiger partial charge on any atom is 0.317 e. The highest BCUT2D eigenvalue weighted by Gasteiger charge is 2.25. The minimum atomic E-state index is -0.328. The van der Waals surface area contributed by atoms with E-state index in [1.165, 1.54) is 0 Å². The molecular formula is C15H29N3O3. The van der Waals surface area contributed by atoms with Crippen molar-refractivity contribution in [2.24, 2.45) is 5.92 Å². The Morgan fingerprint density at radius 2 is 2.00 bits per heavy atom. The van der Waals surface area contributed by atoms with E-state index in [4.69, 9.17) is 4.74 Å². The Bertz CT molecular complexity index is 358. The van der Waals surface area contributed by atoms with Gasteiger partial charge >= 0.3 is 12.0 Å². The maximum absolute atomic E-state index is 12.2. The molecule has 1 aliphatic rings. The van der Waals surface area contributed by atoms with Crippen LogP contribution < -0.4 is 5.32 Å². The normalized spacial score (nSPS) is 20.5. The van der Waals surface area contributed by atoms with Crippen molar-refractivity contribution in [3.8, 4) is 0 Å². The summed E-state index contributed by atoms with van der Waals surface area (Å²) < 4.78 is 5.13. The van der Waals surface area contributed by atoms with Crippen molar-refractivity contribution in [1.29, 1.82) is 0 Å². The second-order valence-corrected chi connectivity index (χ2v) is 6.28. The van der Waals surface area contributed by atoms with Crippen LogP contribution in [0.25, 0.3) is 0 Å². The Labute approximate surface area is 127 Å². The Morgan fingerprint density at radius 3 is 2.57 bits per heavy atom. The highest BCUT2D eigenvalue weighted by atomic mass is 16.5. The number of urea groups is 1. The van der Waals surface area contributed by atoms with Crippen molar-refractivity contribution in [3.63, 3.8) is 0 Å². The number of likely N-dealkylation sites (tertiary alicyclic amines) is 1. The molecule has 1 N–H and O–H groups in total. The Kier molecular flexibility index (Phi) is 6.95. The summed E-state index contributed by atoms with van der Waals surface area (Å²) in [6.45, 7) is 7.23. The summed E-state index contributed by atoms with van der Waals surface area (Å²) in [4.78, 5) is 27.8. The summed E-state index contributed by atoms with van der Waals surface area (Å²) in [5.41, 5.74) is 0. The largest absolute Gasteiger partial charge is 0.463 e. The quantitative estimate of drug-likeness (QED) is 0.778. The number of carbonyl (C=O) groups is 2. The van der Waals surface area contributed by atoms with Crippen LogP contribution in [-0.4, -0.2) is 67.7 Å². The topological polar surface area (TPSA) is 61.9 Å². The summed E-state index contributed by atoms with van der Waals surface area (Å²) in [6.07, 6.45) is 2.01. The van der Waals surface area contributed by atoms with Crippen LogP contribution in [-0.2, 0) is 9.53 Å². The van der Waals surface area contributed by atoms with Crippen LogP contribution in [0.4, 0.5) is 4.79 Å². The Hall–Kier alpha value is -1.30. The summed E-state index contributed by atoms with van der Waals surface area (Å²) in [5, 5.41) is 2.83. The van der Waals surface area contributed by atoms with Crippen LogP contribution in [0.15, 0.2) is 0 Å². The van der Waals surface area contributed by atoms with E-state index in [1.807, 2.05) is 32.8 Å². The highest BCUT2D eigenvalue weighted by molar-refractivity contribution is 5.76. The second-order valence-electron chi connectivity index (χ2n) is 6.28. The molecule has 1 fully saturated rings. The summed E-state index contributed by atoms with van der Waals surface area (Å²) >= 11 is 0. The van der Waals surface area contributed by atoms with Gasteiger partial charge in [0, 0.05) is 25.7 Å². The fourth-order valence-electron chi connectivity index (χ4n) is 2.34. The van der Waals surface area contributed by atoms with E-state index >= 15 is 0 Å². The molecular weight excluding hydrogens is 270 g/mol. The fourth-order valence-corrected chi connectivity index (χ4v) is 2.34. The second kappa shape index (κ2) is 8.22. The van der Waals surface area contributed by atoms with Gasteiger partial charge < -0.3 is 19.9 Å². The van der Waals surface area contributed by atoms with E-state index in [2.05, 4.69) is 10.2 Å². The number of rotatable bonds is 5. The lowest BCUT2D eigenvalue weighted by Crippen LogP contribution is -2.51. The van der Waals surface area contributed by atoms with Crippen molar-refractivity contribution in [1.82, 2.24) is 15.1 Å². The van der Waals surface area contributed by atoms with E-state index in [0.29, 0.717) is 12.6 Å². The van der Waals surface area contributed by atoms with Gasteiger partial charge in [-0.1, -0.05) is 6.92 Å². The molecule has 2 amide bonds. The predicted molar refractivity (Wildman–Crippen MR) is 82.1 cm³/mol. The third-order valence-corrected chi connectivity index (χ3v) is 3.73. The number of carbonyl (C=O) groups excluding carboxylic acids is 2. The van der Waals surface area contributed by atoms with Crippen molar-refractivity contribution in [2.45, 2.75) is 45.8 Å². The first-order chi connectivity index (χ1) is 9.81. The van der Waals surface area contributed by atoms with Crippen LogP contribution in [0.5, 0.6) is 0 Å². The lowest BCUT2D eigenvalue weighted by atomic mass is 10.1. The van der Waals surface area contributed by atoms with Gasteiger partial charge in [-0.3, -0.25) is 4.79 Å². The van der Waals surface area contributed by atoms with E-state index in [1.54, 1.807) is 6.92 Å². The molecule has 1 saturated heterocycles. The van der Waals surface area contributed by atoms with Gasteiger partial charge in [-0.05, 0) is 40.8 Å². The Balaban J connectivity index is 2.37. The van der Waals surface area contributed by atoms with Crippen LogP contribution in [0.3, 0.4) is 0 Å². The molecule has 0 spiro atoms. The number of esters is 1. The van der Waals surface area contributed by atoms with Gasteiger partial charge in [-0.2, -0.15) is 0 Å². The summed E-state index contributed by atoms with van der Waals surface area (Å²) in [6, 6.07) is 0.318. The lowest BCUT2D eigenvalue weighted by Gasteiger charge is -2.36. The fraction of sp³-hybridized carbons (Fsp3) is 0.867. The first-order valence-electron chi connectivity index (χ1n) is 7.71. The summed E-state index contributed by atoms with van der Waals surface area (Å²) in [5.74, 6) is -0.596. The number of nitrogens with one attached hydrogen (secondary N) is 1. The molecule has 1 rings (SSSR count). The third kappa shape index (κ3) is 5.91. The first kappa shape index (κ1) is 17.8. The number of nitrogens with zero attached hydrogens (tertiary/aromatic N) is 2. The SMILES string of the molecule is CC(C)OC(=O)C(C)CNC(=O)N1CCCC(N(C)C)C1. The minimum Gasteiger partial charge on any atom is -0.463 e. The van der Waals surface area contributed by atoms with Gasteiger partial charge in [0.25, 0.3) is 0 Å². The molecule has 0 aromatic rings. The molecule has 0 radical (unpaired) electrons. The van der Waals surface area contributed by atoms with Crippen LogP contribution in [0, 0.1) is 5.92 Å². The number of hydrogen-bond acceptors (Lipinski definition) is 4. The van der Waals surface area contributed by atoms with Gasteiger partial charge in [0.1, 0.15) is 0 Å². The zero-order valence-electron chi connectivity index (χ0n) is 13.9. The smallest absolute Gasteiger partial charge is 0.317 e. The van der Waals surface area contributed by atoms with E-state index in [0.717, 1.165) is 25.9 Å².